The molecule has 0 atom stereocenters. The minimum Gasteiger partial charge on any atom is -0.166 e. The first-order valence-electron chi connectivity index (χ1n) is 4.23. The fraction of sp³-hybridized carbons (Fsp3) is 0.0909. The van der Waals surface area contributed by atoms with Gasteiger partial charge in [0.1, 0.15) is 0 Å². The average Bonchev–Trinajstić information content (AvgIpc) is 2.15. The van der Waals surface area contributed by atoms with Crippen LogP contribution in [0, 0.1) is 0 Å². The first-order chi connectivity index (χ1) is 6.97. The lowest BCUT2D eigenvalue weighted by molar-refractivity contribution is -0.137. The maximum atomic E-state index is 12.4. The fourth-order valence-electron chi connectivity index (χ4n) is 1.39. The third-order valence-corrected chi connectivity index (χ3v) is 2.62. The van der Waals surface area contributed by atoms with E-state index in [-0.39, 0.29) is 0 Å². The monoisotopic (exact) mass is 274 g/mol. The molecule has 0 aromatic heterocycles. The molecule has 0 unspecified atom stereocenters. The molecule has 0 aliphatic carbocycles. The van der Waals surface area contributed by atoms with E-state index in [0.717, 1.165) is 22.0 Å². The maximum absolute atomic E-state index is 12.4. The third-order valence-electron chi connectivity index (χ3n) is 2.13. The average molecular weight is 275 g/mol. The van der Waals surface area contributed by atoms with Crippen molar-refractivity contribution in [3.63, 3.8) is 0 Å². The van der Waals surface area contributed by atoms with E-state index in [4.69, 9.17) is 0 Å². The van der Waals surface area contributed by atoms with Crippen LogP contribution < -0.4 is 0 Å². The van der Waals surface area contributed by atoms with Gasteiger partial charge in [0.25, 0.3) is 0 Å². The minimum absolute atomic E-state index is 0.583. The van der Waals surface area contributed by atoms with E-state index in [0.29, 0.717) is 5.39 Å². The van der Waals surface area contributed by atoms with Crippen LogP contribution in [-0.2, 0) is 6.18 Å². The highest BCUT2D eigenvalue weighted by molar-refractivity contribution is 9.10. The second kappa shape index (κ2) is 3.52. The summed E-state index contributed by atoms with van der Waals surface area (Å²) in [7, 11) is 0. The van der Waals surface area contributed by atoms with Gasteiger partial charge in [0.2, 0.25) is 0 Å². The van der Waals surface area contributed by atoms with Crippen LogP contribution in [0.1, 0.15) is 5.56 Å². The summed E-state index contributed by atoms with van der Waals surface area (Å²) >= 11 is 3.23. The molecule has 0 saturated heterocycles. The Labute approximate surface area is 92.8 Å². The van der Waals surface area contributed by atoms with Gasteiger partial charge in [0.05, 0.1) is 5.56 Å². The Morgan fingerprint density at radius 3 is 2.20 bits per heavy atom. The predicted molar refractivity (Wildman–Crippen MR) is 56.7 cm³/mol. The molecule has 0 saturated carbocycles. The SMILES string of the molecule is FC(F)(F)c1ccc2ccc(Br)cc2c1. The summed E-state index contributed by atoms with van der Waals surface area (Å²) in [6.45, 7) is 0. The molecule has 0 radical (unpaired) electrons. The quantitative estimate of drug-likeness (QED) is 0.658. The molecule has 2 aromatic rings. The molecule has 0 N–H and O–H groups in total. The Bertz CT molecular complexity index is 503. The van der Waals surface area contributed by atoms with Gasteiger partial charge >= 0.3 is 6.18 Å². The van der Waals surface area contributed by atoms with Gasteiger partial charge in [-0.25, -0.2) is 0 Å². The minimum atomic E-state index is -4.28. The predicted octanol–water partition coefficient (Wildman–Crippen LogP) is 4.62. The molecule has 78 valence electrons. The summed E-state index contributed by atoms with van der Waals surface area (Å²) in [6.07, 6.45) is -4.28. The summed E-state index contributed by atoms with van der Waals surface area (Å²) < 4.78 is 38.0. The molecule has 0 spiro atoms. The lowest BCUT2D eigenvalue weighted by Crippen LogP contribution is -2.04. The topological polar surface area (TPSA) is 0 Å². The van der Waals surface area contributed by atoms with Crippen molar-refractivity contribution in [2.45, 2.75) is 6.18 Å². The molecule has 0 bridgehead atoms. The van der Waals surface area contributed by atoms with Gasteiger partial charge in [-0.05, 0) is 35.0 Å². The Kier molecular flexibility index (Phi) is 2.46. The van der Waals surface area contributed by atoms with E-state index >= 15 is 0 Å². The van der Waals surface area contributed by atoms with Crippen LogP contribution in [0.15, 0.2) is 40.9 Å². The van der Waals surface area contributed by atoms with Crippen molar-refractivity contribution in [1.29, 1.82) is 0 Å². The van der Waals surface area contributed by atoms with Crippen LogP contribution in [0.2, 0.25) is 0 Å². The van der Waals surface area contributed by atoms with Crippen molar-refractivity contribution >= 4 is 26.7 Å². The van der Waals surface area contributed by atoms with Gasteiger partial charge in [0.15, 0.2) is 0 Å². The summed E-state index contributed by atoms with van der Waals surface area (Å²) in [5.41, 5.74) is -0.618. The van der Waals surface area contributed by atoms with Gasteiger partial charge in [-0.1, -0.05) is 28.1 Å². The third kappa shape index (κ3) is 2.15. The molecule has 4 heteroatoms. The lowest BCUT2D eigenvalue weighted by Gasteiger charge is -2.07. The van der Waals surface area contributed by atoms with Gasteiger partial charge in [-0.3, -0.25) is 0 Å². The number of halogens is 4. The molecule has 2 aromatic carbocycles. The molecule has 0 amide bonds. The van der Waals surface area contributed by atoms with Gasteiger partial charge in [-0.2, -0.15) is 13.2 Å². The Hall–Kier alpha value is -1.03. The zero-order valence-corrected chi connectivity index (χ0v) is 9.06. The number of fused-ring (bicyclic) bond motifs is 1. The van der Waals surface area contributed by atoms with E-state index in [2.05, 4.69) is 15.9 Å². The highest BCUT2D eigenvalue weighted by atomic mass is 79.9. The fourth-order valence-corrected chi connectivity index (χ4v) is 1.77. The van der Waals surface area contributed by atoms with Crippen molar-refractivity contribution in [2.75, 3.05) is 0 Å². The van der Waals surface area contributed by atoms with Crippen LogP contribution >= 0.6 is 15.9 Å². The van der Waals surface area contributed by atoms with Crippen molar-refractivity contribution in [3.05, 3.63) is 46.4 Å². The Morgan fingerprint density at radius 2 is 1.53 bits per heavy atom. The van der Waals surface area contributed by atoms with Crippen molar-refractivity contribution in [1.82, 2.24) is 0 Å². The normalized spacial score (nSPS) is 12.0. The molecular weight excluding hydrogens is 269 g/mol. The van der Waals surface area contributed by atoms with Gasteiger partial charge in [0, 0.05) is 4.47 Å². The highest BCUT2D eigenvalue weighted by Crippen LogP contribution is 2.32. The molecule has 15 heavy (non-hydrogen) atoms. The van der Waals surface area contributed by atoms with Crippen LogP contribution in [0.3, 0.4) is 0 Å². The molecule has 0 nitrogen and oxygen atoms in total. The van der Waals surface area contributed by atoms with Crippen LogP contribution in [0.4, 0.5) is 13.2 Å². The van der Waals surface area contributed by atoms with Crippen molar-refractivity contribution in [3.8, 4) is 0 Å². The summed E-state index contributed by atoms with van der Waals surface area (Å²) in [4.78, 5) is 0. The molecule has 0 fully saturated rings. The van der Waals surface area contributed by atoms with E-state index in [1.807, 2.05) is 0 Å². The highest BCUT2D eigenvalue weighted by Gasteiger charge is 2.30. The zero-order valence-electron chi connectivity index (χ0n) is 7.48. The molecule has 0 aliphatic rings. The second-order valence-corrected chi connectivity index (χ2v) is 4.12. The van der Waals surface area contributed by atoms with E-state index < -0.39 is 11.7 Å². The van der Waals surface area contributed by atoms with Crippen LogP contribution in [0.5, 0.6) is 0 Å². The zero-order chi connectivity index (χ0) is 11.1. The Balaban J connectivity index is 2.64. The molecular formula is C11H6BrF3. The van der Waals surface area contributed by atoms with Crippen LogP contribution in [0.25, 0.3) is 10.8 Å². The summed E-state index contributed by atoms with van der Waals surface area (Å²) in [5, 5.41) is 1.38. The molecule has 2 rings (SSSR count). The lowest BCUT2D eigenvalue weighted by atomic mass is 10.1. The number of hydrogen-bond acceptors (Lipinski definition) is 0. The smallest absolute Gasteiger partial charge is 0.166 e. The summed E-state index contributed by atoms with van der Waals surface area (Å²) in [6, 6.07) is 8.97. The summed E-state index contributed by atoms with van der Waals surface area (Å²) in [5.74, 6) is 0. The van der Waals surface area contributed by atoms with E-state index in [1.54, 1.807) is 18.2 Å². The first kappa shape index (κ1) is 10.5. The largest absolute Gasteiger partial charge is 0.416 e. The number of rotatable bonds is 0. The number of alkyl halides is 3. The van der Waals surface area contributed by atoms with Gasteiger partial charge < -0.3 is 0 Å². The molecule has 0 aliphatic heterocycles. The Morgan fingerprint density at radius 1 is 0.867 bits per heavy atom. The second-order valence-electron chi connectivity index (χ2n) is 3.20. The number of benzene rings is 2. The molecule has 0 heterocycles. The van der Waals surface area contributed by atoms with Crippen LogP contribution in [-0.4, -0.2) is 0 Å². The van der Waals surface area contributed by atoms with Crippen molar-refractivity contribution < 1.29 is 13.2 Å². The van der Waals surface area contributed by atoms with E-state index in [1.165, 1.54) is 6.07 Å². The van der Waals surface area contributed by atoms with Gasteiger partial charge in [-0.15, -0.1) is 0 Å². The van der Waals surface area contributed by atoms with Crippen molar-refractivity contribution in [2.24, 2.45) is 0 Å². The number of hydrogen-bond donors (Lipinski definition) is 0. The standard InChI is InChI=1S/C11H6BrF3/c12-10-4-2-7-1-3-9(11(13,14)15)5-8(7)6-10/h1-6H. The van der Waals surface area contributed by atoms with E-state index in [9.17, 15) is 13.2 Å². The maximum Gasteiger partial charge on any atom is 0.416 e. The first-order valence-corrected chi connectivity index (χ1v) is 5.02.